The zero-order valence-corrected chi connectivity index (χ0v) is 22.2. The normalized spacial score (nSPS) is 40.6. The number of hydrogen-bond acceptors (Lipinski definition) is 7. The van der Waals surface area contributed by atoms with Gasteiger partial charge in [0.2, 0.25) is 0 Å². The molecule has 4 rings (SSSR count). The fraction of sp³-hybridized carbons (Fsp3) is 0.720. The van der Waals surface area contributed by atoms with Gasteiger partial charge in [0.05, 0.1) is 24.7 Å². The molecule has 3 saturated carbocycles. The maximum atomic E-state index is 13.0. The number of aliphatic hydroxyl groups is 2. The van der Waals surface area contributed by atoms with Gasteiger partial charge in [-0.15, -0.1) is 0 Å². The number of carboxylic acids is 1. The number of allylic oxidation sites excluding steroid dienone is 1. The number of hydrogen-bond donors (Lipinski definition) is 3. The summed E-state index contributed by atoms with van der Waals surface area (Å²) in [7, 11) is 0. The Hall–Kier alpha value is -1.19. The molecule has 182 valence electrons. The van der Waals surface area contributed by atoms with Crippen molar-refractivity contribution in [1.82, 2.24) is 0 Å². The van der Waals surface area contributed by atoms with Crippen LogP contribution in [0, 0.1) is 35.2 Å². The van der Waals surface area contributed by atoms with Crippen LogP contribution in [0.2, 0.25) is 0 Å². The molecule has 7 atom stereocenters. The smallest absolute Gasteiger partial charge is 0.610 e. The van der Waals surface area contributed by atoms with E-state index in [-0.39, 0.29) is 77.8 Å². The van der Waals surface area contributed by atoms with Crippen molar-refractivity contribution in [3.63, 3.8) is 0 Å². The first-order chi connectivity index (χ1) is 15.4. The van der Waals surface area contributed by atoms with Crippen LogP contribution >= 0.6 is 0 Å². The minimum atomic E-state index is -1.77. The van der Waals surface area contributed by atoms with Crippen molar-refractivity contribution in [2.45, 2.75) is 83.3 Å². The molecule has 0 amide bonds. The molecule has 0 radical (unpaired) electrons. The van der Waals surface area contributed by atoms with Gasteiger partial charge in [-0.1, -0.05) is 19.4 Å². The number of aliphatic carboxylic acids is 1. The van der Waals surface area contributed by atoms with Crippen molar-refractivity contribution in [3.8, 4) is 0 Å². The minimum Gasteiger partial charge on any atom is -0.610 e. The van der Waals surface area contributed by atoms with Crippen LogP contribution < -0.4 is 29.6 Å². The van der Waals surface area contributed by atoms with Crippen molar-refractivity contribution >= 4 is 23.5 Å². The van der Waals surface area contributed by atoms with Crippen molar-refractivity contribution in [2.75, 3.05) is 0 Å². The van der Waals surface area contributed by atoms with E-state index in [1.54, 1.807) is 6.08 Å². The first-order valence-electron chi connectivity index (χ1n) is 11.9. The molecule has 0 aromatic rings. The van der Waals surface area contributed by atoms with Crippen molar-refractivity contribution in [2.24, 2.45) is 28.6 Å². The van der Waals surface area contributed by atoms with Crippen molar-refractivity contribution in [1.29, 1.82) is 0 Å². The number of esters is 1. The molecule has 0 heterocycles. The van der Waals surface area contributed by atoms with Gasteiger partial charge in [-0.25, -0.2) is 0 Å². The summed E-state index contributed by atoms with van der Waals surface area (Å²) in [5.74, 6) is -2.45. The van der Waals surface area contributed by atoms with E-state index < -0.39 is 41.3 Å². The van der Waals surface area contributed by atoms with Crippen LogP contribution in [0.3, 0.4) is 0 Å². The zero-order valence-electron chi connectivity index (χ0n) is 20.2. The predicted molar refractivity (Wildman–Crippen MR) is 115 cm³/mol. The van der Waals surface area contributed by atoms with Crippen LogP contribution in [0.15, 0.2) is 11.6 Å². The largest absolute Gasteiger partial charge is 1.00 e. The van der Waals surface area contributed by atoms with Gasteiger partial charge in [0.1, 0.15) is 5.60 Å². The summed E-state index contributed by atoms with van der Waals surface area (Å²) >= 11 is 0. The Kier molecular flexibility index (Phi) is 7.81. The van der Waals surface area contributed by atoms with Gasteiger partial charge in [0, 0.05) is 11.8 Å². The molecule has 0 aromatic heterocycles. The number of carboxylic acid groups (broad SMARTS) is 1. The predicted octanol–water partition coefficient (Wildman–Crippen LogP) is -0.637. The molecule has 3 N–H and O–H groups in total. The maximum Gasteiger partial charge on any atom is 1.00 e. The van der Waals surface area contributed by atoms with Crippen LogP contribution in [0.4, 0.5) is 0 Å². The number of ketones is 2. The second kappa shape index (κ2) is 9.69. The van der Waals surface area contributed by atoms with Gasteiger partial charge < -0.3 is 24.9 Å². The molecule has 4 aliphatic rings. The van der Waals surface area contributed by atoms with Gasteiger partial charge in [-0.3, -0.25) is 14.4 Å². The summed E-state index contributed by atoms with van der Waals surface area (Å²) < 4.78 is 4.85. The van der Waals surface area contributed by atoms with Gasteiger partial charge >= 0.3 is 35.5 Å². The van der Waals surface area contributed by atoms with Crippen LogP contribution in [-0.4, -0.2) is 50.5 Å². The number of fused-ring (bicyclic) bond motifs is 5. The van der Waals surface area contributed by atoms with Crippen LogP contribution in [0.25, 0.3) is 0 Å². The van der Waals surface area contributed by atoms with E-state index in [4.69, 9.17) is 9.84 Å². The number of carbonyl (C=O) groups is 4. The second-order valence-electron chi connectivity index (χ2n) is 10.8. The Morgan fingerprint density at radius 2 is 1.85 bits per heavy atom. The Bertz CT molecular complexity index is 915. The van der Waals surface area contributed by atoms with Crippen LogP contribution in [0.1, 0.15) is 71.6 Å². The number of rotatable bonds is 6. The minimum absolute atomic E-state index is 0. The Labute approximate surface area is 221 Å². The molecular formula is C25H33NaO8. The molecule has 9 heteroatoms. The molecule has 8 nitrogen and oxygen atoms in total. The Balaban J connectivity index is 0.00000324. The maximum absolute atomic E-state index is 13.0. The average molecular weight is 485 g/mol. The van der Waals surface area contributed by atoms with E-state index >= 15 is 0 Å². The topological polar surface area (TPSA) is 138 Å². The summed E-state index contributed by atoms with van der Waals surface area (Å²) in [6.07, 6.45) is 4.13. The molecular weight excluding hydrogens is 451 g/mol. The third-order valence-electron chi connectivity index (χ3n) is 9.30. The summed E-state index contributed by atoms with van der Waals surface area (Å²) in [5, 5.41) is 31.6. The van der Waals surface area contributed by atoms with E-state index in [9.17, 15) is 29.4 Å². The Morgan fingerprint density at radius 3 is 2.53 bits per heavy atom. The fourth-order valence-corrected chi connectivity index (χ4v) is 7.58. The first-order valence-corrected chi connectivity index (χ1v) is 11.9. The SMILES string of the molecule is C[C@]12CCC(=O)C=C1CC[C@@H]1[C@@H]2[C@@H](O)C[C@@]2(C)[C@H]1CC[C@]2(O)C(=O)[CH-]OC(=O)CCC(=O)O.[Na+]. The Morgan fingerprint density at radius 1 is 1.15 bits per heavy atom. The molecule has 0 aliphatic heterocycles. The third-order valence-corrected chi connectivity index (χ3v) is 9.30. The van der Waals surface area contributed by atoms with E-state index in [1.807, 2.05) is 6.92 Å². The van der Waals surface area contributed by atoms with E-state index in [2.05, 4.69) is 6.92 Å². The zero-order chi connectivity index (χ0) is 24.2. The number of carbonyl (C=O) groups excluding carboxylic acids is 3. The van der Waals surface area contributed by atoms with Gasteiger partial charge in [-0.2, -0.15) is 6.61 Å². The van der Waals surface area contributed by atoms with Crippen LogP contribution in [-0.2, 0) is 23.9 Å². The summed E-state index contributed by atoms with van der Waals surface area (Å²) in [4.78, 5) is 47.4. The van der Waals surface area contributed by atoms with Crippen molar-refractivity contribution < 1.29 is 68.8 Å². The molecule has 0 unspecified atom stereocenters. The van der Waals surface area contributed by atoms with Gasteiger partial charge in [0.25, 0.3) is 5.97 Å². The molecule has 0 spiro atoms. The third kappa shape index (κ3) is 4.30. The molecule has 0 bridgehead atoms. The molecule has 0 aromatic carbocycles. The second-order valence-corrected chi connectivity index (χ2v) is 10.8. The van der Waals surface area contributed by atoms with E-state index in [1.165, 1.54) is 0 Å². The number of Topliss-reactive ketones (excluding diaryl/α,β-unsaturated/α-hetero) is 1. The molecule has 4 aliphatic carbocycles. The quantitative estimate of drug-likeness (QED) is 0.257. The molecule has 0 saturated heterocycles. The summed E-state index contributed by atoms with van der Waals surface area (Å²) in [6, 6.07) is 0. The summed E-state index contributed by atoms with van der Waals surface area (Å²) in [6.45, 7) is 4.71. The standard InChI is InChI=1S/C25H33O8.Na/c1-23-9-7-15(26)11-14(23)3-4-16-17-8-10-25(32,24(17,2)12-18(27)22(16)23)19(28)13-33-21(31)6-5-20(29)30;/h11,13,16-18,22,27,32H,3-10,12H2,1-2H3,(H,29,30);/q-1;+1/t16-,17-,18-,22+,23-,24-,25-;/m0./s1. The summed E-state index contributed by atoms with van der Waals surface area (Å²) in [5.41, 5.74) is -1.78. The average Bonchev–Trinajstić information content (AvgIpc) is 3.02. The molecule has 34 heavy (non-hydrogen) atoms. The van der Waals surface area contributed by atoms with Crippen LogP contribution in [0.5, 0.6) is 0 Å². The van der Waals surface area contributed by atoms with Crippen molar-refractivity contribution in [3.05, 3.63) is 18.3 Å². The molecule has 3 fully saturated rings. The van der Waals surface area contributed by atoms with Gasteiger partial charge in [0.15, 0.2) is 5.78 Å². The van der Waals surface area contributed by atoms with Gasteiger partial charge in [-0.05, 0) is 67.8 Å². The van der Waals surface area contributed by atoms with E-state index in [0.29, 0.717) is 25.9 Å². The fourth-order valence-electron chi connectivity index (χ4n) is 7.58. The number of ether oxygens (including phenoxy) is 1. The monoisotopic (exact) mass is 484 g/mol. The first kappa shape index (κ1) is 27.4. The van der Waals surface area contributed by atoms with E-state index in [0.717, 1.165) is 18.4 Å². The number of aliphatic hydroxyl groups excluding tert-OH is 1.